The zero-order valence-electron chi connectivity index (χ0n) is 49.3. The number of phenols is 2. The number of hydrogen-bond donors (Lipinski definition) is 18. The highest BCUT2D eigenvalue weighted by Gasteiger charge is 2.30. The molecule has 0 saturated carbocycles. The number of nitrogens with two attached hydrogens (primary N) is 1. The first-order valence-electron chi connectivity index (χ1n) is 26.5. The summed E-state index contributed by atoms with van der Waals surface area (Å²) in [7, 11) is -19.9. The van der Waals surface area contributed by atoms with Crippen LogP contribution in [0.2, 0.25) is 0 Å². The Kier molecular flexibility index (Phi) is 21.9. The summed E-state index contributed by atoms with van der Waals surface area (Å²) in [5, 5.41) is 86.5. The van der Waals surface area contributed by atoms with Crippen LogP contribution in [0.1, 0.15) is 34.6 Å². The van der Waals surface area contributed by atoms with Gasteiger partial charge in [0.25, 0.3) is 46.4 Å². The fraction of sp³-hybridized carbons (Fsp3) is 0.120. The molecule has 520 valence electrons. The number of nitrogens with one attached hydrogen (secondary N) is 7. The topological polar surface area (TPSA) is 682 Å². The monoisotopic (exact) mass is 1490 g/mol. The summed E-state index contributed by atoms with van der Waals surface area (Å²) in [6, 6.07) is 10.1. The number of carboxylic acid groups (broad SMARTS) is 4. The number of aromatic hydroxyl groups is 2. The highest BCUT2D eigenvalue weighted by molar-refractivity contribution is 8.76. The quantitative estimate of drug-likeness (QED) is 0.00569. The second-order valence-corrected chi connectivity index (χ2v) is 27.7. The Morgan fingerprint density at radius 2 is 0.889 bits per heavy atom. The van der Waals surface area contributed by atoms with Gasteiger partial charge in [-0.1, -0.05) is 45.9 Å². The summed E-state index contributed by atoms with van der Waals surface area (Å²) < 4.78 is 142. The van der Waals surface area contributed by atoms with Gasteiger partial charge in [0.1, 0.15) is 44.6 Å². The highest BCUT2D eigenvalue weighted by Crippen LogP contribution is 2.48. The average molecular weight is 1490 g/mol. The fourth-order valence-corrected chi connectivity index (χ4v) is 13.0. The maximum absolute atomic E-state index is 12.8. The number of nitrogens with zero attached hydrogens (tertiary/aromatic N) is 11. The van der Waals surface area contributed by atoms with Crippen LogP contribution in [0.3, 0.4) is 0 Å². The summed E-state index contributed by atoms with van der Waals surface area (Å²) in [6.45, 7) is 2.02. The molecular weight excluding hydrogens is 1440 g/mol. The maximum atomic E-state index is 12.8. The standard InChI is InChI=1S/C50H45N19O24S6/c1-19(70)62-67-49-58-45(52-29-15-23(96(82,83)84)11-21-13-33(98(88,89)90)37(39(72)35(21)29)65-63-27-9-5-3-7-25(27)41(74)75)56-47(59-49)54-31(43(78)79)17-94-95-18-32(44(80)81)55-48-57-46(60-50(61-48)68-69(51)20(2)71)53-30-16-24(97(85,86)87)12-22-14-34(99(91,92)93)38(40(73)36(22)30)66-64-28-10-6-4-8-26(28)42(76)77/h3-16,31-32,72-73H,17-18,51H2,1-2H3,(H,62,70)(H,74,75)(H,76,77)(H,78,79)(H,80,81)(H,82,83,84)(H,85,86,87)(H,88,89,90)(H,91,92,93)(H3,52,54,56,58,59,67)(H3,53,55,57,60,61,68)/b65-63+,66-64+. The van der Waals surface area contributed by atoms with E-state index in [1.807, 2.05) is 0 Å². The molecule has 2 aromatic heterocycles. The molecule has 0 bridgehead atoms. The van der Waals surface area contributed by atoms with Gasteiger partial charge in [-0.2, -0.15) is 68.7 Å². The minimum atomic E-state index is -5.43. The second kappa shape index (κ2) is 29.5. The number of carbonyl (C=O) groups excluding carboxylic acids is 2. The lowest BCUT2D eigenvalue weighted by Gasteiger charge is -2.19. The number of azo groups is 2. The summed E-state index contributed by atoms with van der Waals surface area (Å²) in [6.07, 6.45) is 0. The van der Waals surface area contributed by atoms with Gasteiger partial charge in [-0.3, -0.25) is 38.7 Å². The van der Waals surface area contributed by atoms with Gasteiger partial charge in [-0.05, 0) is 71.4 Å². The van der Waals surface area contributed by atoms with Crippen LogP contribution >= 0.6 is 21.6 Å². The van der Waals surface area contributed by atoms with Gasteiger partial charge in [-0.25, -0.2) is 30.4 Å². The van der Waals surface area contributed by atoms with Crippen molar-refractivity contribution in [1.82, 2.24) is 40.4 Å². The van der Waals surface area contributed by atoms with Crippen molar-refractivity contribution in [3.05, 3.63) is 96.1 Å². The number of aromatic carboxylic acids is 2. The SMILES string of the molecule is CC(=O)NNc1nc(Nc2cc(S(=O)(=O)O)cc3cc(S(=O)(=O)O)c(/N=N/c4ccccc4C(=O)O)c(O)c23)nc(NC(CSSCC(Nc2nc(Nc3cc(S(=O)(=O)O)cc4cc(S(=O)(=O)O)c(/N=N/c5ccccc5C(=O)O)c(O)c34)nc(NN(N)C(C)=O)n2)C(=O)O)C(=O)O)n1. The zero-order chi connectivity index (χ0) is 72.8. The minimum absolute atomic E-state index is 0.341. The third-order valence-electron chi connectivity index (χ3n) is 12.6. The highest BCUT2D eigenvalue weighted by atomic mass is 33.1. The lowest BCUT2D eigenvalue weighted by atomic mass is 10.1. The van der Waals surface area contributed by atoms with Gasteiger partial charge in [0, 0.05) is 36.1 Å². The van der Waals surface area contributed by atoms with Crippen molar-refractivity contribution in [2.45, 2.75) is 45.5 Å². The van der Waals surface area contributed by atoms with Crippen LogP contribution in [0.15, 0.2) is 125 Å². The first kappa shape index (κ1) is 73.4. The minimum Gasteiger partial charge on any atom is -0.505 e. The third-order valence-corrected chi connectivity index (χ3v) is 18.4. The van der Waals surface area contributed by atoms with Gasteiger partial charge in [0.2, 0.25) is 41.6 Å². The molecule has 2 amide bonds. The Balaban J connectivity index is 1.09. The molecule has 0 radical (unpaired) electrons. The van der Waals surface area contributed by atoms with Crippen molar-refractivity contribution in [2.75, 3.05) is 43.6 Å². The largest absolute Gasteiger partial charge is 0.505 e. The van der Waals surface area contributed by atoms with Crippen LogP contribution in [0, 0.1) is 0 Å². The van der Waals surface area contributed by atoms with Crippen molar-refractivity contribution in [2.24, 2.45) is 26.3 Å². The fourth-order valence-electron chi connectivity index (χ4n) is 8.26. The number of fused-ring (bicyclic) bond motifs is 2. The van der Waals surface area contributed by atoms with Crippen LogP contribution in [-0.4, -0.2) is 177 Å². The number of phenolic OH excluding ortho intramolecular Hbond substituents is 2. The van der Waals surface area contributed by atoms with E-state index < -0.39 is 222 Å². The van der Waals surface area contributed by atoms with E-state index in [1.165, 1.54) is 24.3 Å². The molecule has 0 aliphatic heterocycles. The van der Waals surface area contributed by atoms with E-state index in [4.69, 9.17) is 5.84 Å². The van der Waals surface area contributed by atoms with Crippen molar-refractivity contribution in [3.8, 4) is 11.5 Å². The van der Waals surface area contributed by atoms with Crippen LogP contribution in [0.4, 0.5) is 69.8 Å². The maximum Gasteiger partial charge on any atom is 0.337 e. The number of benzene rings is 6. The number of carbonyl (C=O) groups is 6. The second-order valence-electron chi connectivity index (χ2n) is 19.5. The summed E-state index contributed by atoms with van der Waals surface area (Å²) in [4.78, 5) is 93.5. The Morgan fingerprint density at radius 1 is 0.515 bits per heavy atom. The van der Waals surface area contributed by atoms with Gasteiger partial charge >= 0.3 is 23.9 Å². The van der Waals surface area contributed by atoms with Gasteiger partial charge in [0.15, 0.2) is 11.5 Å². The molecule has 43 nitrogen and oxygen atoms in total. The van der Waals surface area contributed by atoms with Crippen molar-refractivity contribution in [3.63, 3.8) is 0 Å². The first-order valence-corrected chi connectivity index (χ1v) is 34.7. The first-order chi connectivity index (χ1) is 46.3. The van der Waals surface area contributed by atoms with Crippen LogP contribution in [0.25, 0.3) is 21.5 Å². The molecule has 8 rings (SSSR count). The zero-order valence-corrected chi connectivity index (χ0v) is 54.2. The molecule has 2 unspecified atom stereocenters. The summed E-state index contributed by atoms with van der Waals surface area (Å²) >= 11 is 0. The van der Waals surface area contributed by atoms with Gasteiger partial charge in [0.05, 0.1) is 32.3 Å². The number of anilines is 8. The molecule has 2 atom stereocenters. The van der Waals surface area contributed by atoms with E-state index in [0.29, 0.717) is 63.1 Å². The normalized spacial score (nSPS) is 12.6. The van der Waals surface area contributed by atoms with Crippen molar-refractivity contribution < 1.29 is 111 Å². The average Bonchev–Trinajstić information content (AvgIpc) is 0.753. The van der Waals surface area contributed by atoms with E-state index in [9.17, 15) is 111 Å². The summed E-state index contributed by atoms with van der Waals surface area (Å²) in [5.74, 6) is -9.60. The molecule has 0 spiro atoms. The number of aliphatic carboxylic acids is 2. The molecule has 19 N–H and O–H groups in total. The Hall–Kier alpha value is -11.4. The van der Waals surface area contributed by atoms with Crippen LogP contribution in [-0.2, 0) is 59.7 Å². The molecule has 0 fully saturated rings. The van der Waals surface area contributed by atoms with Gasteiger partial charge in [-0.15, -0.1) is 20.5 Å². The third kappa shape index (κ3) is 18.2. The van der Waals surface area contributed by atoms with Gasteiger partial charge < -0.3 is 51.9 Å². The molecular formula is C50H45N19O24S6. The van der Waals surface area contributed by atoms with Crippen molar-refractivity contribution >= 4 is 189 Å². The number of rotatable bonds is 29. The number of carboxylic acids is 4. The number of aromatic nitrogens is 6. The lowest BCUT2D eigenvalue weighted by Crippen LogP contribution is -2.41. The van der Waals surface area contributed by atoms with E-state index in [-0.39, 0.29) is 11.4 Å². The van der Waals surface area contributed by atoms with Crippen LogP contribution in [0.5, 0.6) is 11.5 Å². The van der Waals surface area contributed by atoms with E-state index in [0.717, 1.165) is 38.1 Å². The Bertz CT molecular complexity index is 5220. The van der Waals surface area contributed by atoms with Crippen LogP contribution < -0.4 is 43.4 Å². The van der Waals surface area contributed by atoms with E-state index in [1.54, 1.807) is 0 Å². The predicted molar refractivity (Wildman–Crippen MR) is 345 cm³/mol. The Labute approximate surface area is 560 Å². The molecule has 0 aliphatic carbocycles. The Morgan fingerprint density at radius 3 is 1.25 bits per heavy atom. The molecule has 2 heterocycles. The van der Waals surface area contributed by atoms with E-state index in [2.05, 4.69) is 87.9 Å². The van der Waals surface area contributed by atoms with Crippen molar-refractivity contribution in [1.29, 1.82) is 0 Å². The summed E-state index contributed by atoms with van der Waals surface area (Å²) in [5.41, 5.74) is 1.71. The molecule has 99 heavy (non-hydrogen) atoms. The lowest BCUT2D eigenvalue weighted by molar-refractivity contribution is -0.138. The predicted octanol–water partition coefficient (Wildman–Crippen LogP) is 4.80. The number of amides is 2. The molecule has 0 saturated heterocycles. The molecule has 0 aliphatic rings. The molecule has 8 aromatic rings. The number of hydrazine groups is 3. The number of hydrogen-bond acceptors (Lipinski definition) is 35. The smallest absolute Gasteiger partial charge is 0.337 e. The molecule has 6 aromatic carbocycles. The molecule has 49 heteroatoms. The van der Waals surface area contributed by atoms with E-state index >= 15 is 0 Å².